The van der Waals surface area contributed by atoms with Crippen LogP contribution in [0, 0.1) is 11.7 Å². The van der Waals surface area contributed by atoms with E-state index in [1.54, 1.807) is 0 Å². The molecule has 0 unspecified atom stereocenters. The van der Waals surface area contributed by atoms with E-state index in [-0.39, 0.29) is 5.56 Å². The summed E-state index contributed by atoms with van der Waals surface area (Å²) in [5, 5.41) is 2.63. The number of amides is 1. The standard InChI is InChI=1S/C12H15ClFNO3S/c1-8(2)5-6-15-12(16)9-3-4-10(14)11(7-9)19(13,17)18/h3-4,7-8H,5-6H2,1-2H3,(H,15,16). The maximum atomic E-state index is 13.3. The summed E-state index contributed by atoms with van der Waals surface area (Å²) < 4.78 is 35.5. The molecule has 1 aromatic rings. The van der Waals surface area contributed by atoms with Gasteiger partial charge in [-0.15, -0.1) is 0 Å². The molecule has 7 heteroatoms. The van der Waals surface area contributed by atoms with Crippen molar-refractivity contribution in [1.29, 1.82) is 0 Å². The Bertz CT molecular complexity index is 572. The lowest BCUT2D eigenvalue weighted by Gasteiger charge is -2.08. The van der Waals surface area contributed by atoms with Gasteiger partial charge in [-0.3, -0.25) is 4.79 Å². The predicted molar refractivity (Wildman–Crippen MR) is 71.2 cm³/mol. The average Bonchev–Trinajstić information content (AvgIpc) is 2.27. The minimum atomic E-state index is -4.21. The number of nitrogens with one attached hydrogen (secondary N) is 1. The maximum Gasteiger partial charge on any atom is 0.264 e. The molecule has 0 aliphatic heterocycles. The molecule has 0 saturated carbocycles. The summed E-state index contributed by atoms with van der Waals surface area (Å²) in [5.74, 6) is -0.997. The quantitative estimate of drug-likeness (QED) is 0.850. The lowest BCUT2D eigenvalue weighted by molar-refractivity contribution is 0.0951. The SMILES string of the molecule is CC(C)CCNC(=O)c1ccc(F)c(S(=O)(=O)Cl)c1. The molecule has 0 spiro atoms. The molecular formula is C12H15ClFNO3S. The fourth-order valence-corrected chi connectivity index (χ4v) is 2.33. The van der Waals surface area contributed by atoms with Gasteiger partial charge < -0.3 is 5.32 Å². The first-order valence-corrected chi connectivity index (χ1v) is 8.05. The molecule has 0 aliphatic carbocycles. The molecule has 1 rings (SSSR count). The number of hydrogen-bond acceptors (Lipinski definition) is 3. The van der Waals surface area contributed by atoms with Crippen molar-refractivity contribution in [3.8, 4) is 0 Å². The molecule has 0 aromatic heterocycles. The van der Waals surface area contributed by atoms with Gasteiger partial charge in [0.15, 0.2) is 0 Å². The minimum Gasteiger partial charge on any atom is -0.352 e. The van der Waals surface area contributed by atoms with Gasteiger partial charge in [0, 0.05) is 22.8 Å². The van der Waals surface area contributed by atoms with E-state index in [9.17, 15) is 17.6 Å². The first-order chi connectivity index (χ1) is 8.71. The first-order valence-electron chi connectivity index (χ1n) is 5.74. The van der Waals surface area contributed by atoms with Gasteiger partial charge in [0.2, 0.25) is 0 Å². The monoisotopic (exact) mass is 307 g/mol. The van der Waals surface area contributed by atoms with E-state index in [4.69, 9.17) is 10.7 Å². The molecule has 0 bridgehead atoms. The van der Waals surface area contributed by atoms with Gasteiger partial charge in [-0.25, -0.2) is 12.8 Å². The highest BCUT2D eigenvalue weighted by molar-refractivity contribution is 8.13. The smallest absolute Gasteiger partial charge is 0.264 e. The summed E-state index contributed by atoms with van der Waals surface area (Å²) in [6, 6.07) is 3.06. The highest BCUT2D eigenvalue weighted by atomic mass is 35.7. The van der Waals surface area contributed by atoms with Crippen molar-refractivity contribution in [2.75, 3.05) is 6.54 Å². The maximum absolute atomic E-state index is 13.3. The Morgan fingerprint density at radius 1 is 1.42 bits per heavy atom. The van der Waals surface area contributed by atoms with Crippen molar-refractivity contribution in [1.82, 2.24) is 5.32 Å². The number of rotatable bonds is 5. The Labute approximate surface area is 116 Å². The predicted octanol–water partition coefficient (Wildman–Crippen LogP) is 2.53. The van der Waals surface area contributed by atoms with Crippen LogP contribution >= 0.6 is 10.7 Å². The van der Waals surface area contributed by atoms with Gasteiger partial charge >= 0.3 is 0 Å². The first kappa shape index (κ1) is 15.9. The highest BCUT2D eigenvalue weighted by Gasteiger charge is 2.18. The van der Waals surface area contributed by atoms with E-state index in [0.29, 0.717) is 12.5 Å². The van der Waals surface area contributed by atoms with Crippen molar-refractivity contribution in [3.05, 3.63) is 29.6 Å². The van der Waals surface area contributed by atoms with E-state index in [0.717, 1.165) is 18.6 Å². The van der Waals surface area contributed by atoms with Crippen LogP contribution in [0.25, 0.3) is 0 Å². The zero-order valence-corrected chi connectivity index (χ0v) is 12.2. The Balaban J connectivity index is 2.88. The van der Waals surface area contributed by atoms with Crippen LogP contribution in [-0.4, -0.2) is 20.9 Å². The van der Waals surface area contributed by atoms with Crippen LogP contribution in [0.3, 0.4) is 0 Å². The zero-order valence-electron chi connectivity index (χ0n) is 10.6. The number of carbonyl (C=O) groups excluding carboxylic acids is 1. The third-order valence-corrected chi connectivity index (χ3v) is 3.80. The zero-order chi connectivity index (χ0) is 14.6. The van der Waals surface area contributed by atoms with Crippen molar-refractivity contribution in [2.24, 2.45) is 5.92 Å². The molecule has 1 amide bonds. The molecule has 4 nitrogen and oxygen atoms in total. The molecule has 106 valence electrons. The van der Waals surface area contributed by atoms with Crippen LogP contribution in [-0.2, 0) is 9.05 Å². The summed E-state index contributed by atoms with van der Waals surface area (Å²) in [7, 11) is 0.881. The number of benzene rings is 1. The Hall–Kier alpha value is -1.14. The van der Waals surface area contributed by atoms with Crippen LogP contribution in [0.1, 0.15) is 30.6 Å². The van der Waals surface area contributed by atoms with Crippen LogP contribution in [0.4, 0.5) is 4.39 Å². The third kappa shape index (κ3) is 4.80. The van der Waals surface area contributed by atoms with Crippen molar-refractivity contribution < 1.29 is 17.6 Å². The Morgan fingerprint density at radius 2 is 2.05 bits per heavy atom. The molecule has 0 fully saturated rings. The van der Waals surface area contributed by atoms with E-state index in [2.05, 4.69) is 5.32 Å². The van der Waals surface area contributed by atoms with Crippen LogP contribution in [0.5, 0.6) is 0 Å². The summed E-state index contributed by atoms with van der Waals surface area (Å²) in [5.41, 5.74) is 0.0596. The average molecular weight is 308 g/mol. The molecule has 0 saturated heterocycles. The fraction of sp³-hybridized carbons (Fsp3) is 0.417. The van der Waals surface area contributed by atoms with Gasteiger partial charge in [0.25, 0.3) is 15.0 Å². The van der Waals surface area contributed by atoms with Crippen molar-refractivity contribution >= 4 is 25.6 Å². The molecule has 0 heterocycles. The molecule has 0 atom stereocenters. The summed E-state index contributed by atoms with van der Waals surface area (Å²) >= 11 is 0. The fourth-order valence-electron chi connectivity index (χ4n) is 1.41. The van der Waals surface area contributed by atoms with E-state index in [1.807, 2.05) is 13.8 Å². The molecule has 0 radical (unpaired) electrons. The van der Waals surface area contributed by atoms with Crippen LogP contribution in [0.15, 0.2) is 23.1 Å². The van der Waals surface area contributed by atoms with Crippen molar-refractivity contribution in [2.45, 2.75) is 25.2 Å². The Kier molecular flexibility index (Phi) is 5.31. The lowest BCUT2D eigenvalue weighted by atomic mass is 10.1. The number of carbonyl (C=O) groups is 1. The number of hydrogen-bond donors (Lipinski definition) is 1. The normalized spacial score (nSPS) is 11.6. The Morgan fingerprint density at radius 3 is 2.58 bits per heavy atom. The second-order valence-electron chi connectivity index (χ2n) is 4.52. The van der Waals surface area contributed by atoms with Crippen LogP contribution in [0.2, 0.25) is 0 Å². The molecule has 1 N–H and O–H groups in total. The topological polar surface area (TPSA) is 63.2 Å². The van der Waals surface area contributed by atoms with Gasteiger partial charge in [0.05, 0.1) is 0 Å². The van der Waals surface area contributed by atoms with Crippen LogP contribution < -0.4 is 5.32 Å². The lowest BCUT2D eigenvalue weighted by Crippen LogP contribution is -2.25. The van der Waals surface area contributed by atoms with Crippen molar-refractivity contribution in [3.63, 3.8) is 0 Å². The van der Waals surface area contributed by atoms with Gasteiger partial charge in [-0.1, -0.05) is 13.8 Å². The van der Waals surface area contributed by atoms with Gasteiger partial charge in [-0.05, 0) is 30.5 Å². The van der Waals surface area contributed by atoms with E-state index >= 15 is 0 Å². The molecule has 0 aliphatic rings. The summed E-state index contributed by atoms with van der Waals surface area (Å²) in [6.45, 7) is 4.50. The van der Waals surface area contributed by atoms with Gasteiger partial charge in [0.1, 0.15) is 10.7 Å². The van der Waals surface area contributed by atoms with E-state index in [1.165, 1.54) is 6.07 Å². The third-order valence-electron chi connectivity index (χ3n) is 2.46. The summed E-state index contributed by atoms with van der Waals surface area (Å²) in [4.78, 5) is 11.1. The second-order valence-corrected chi connectivity index (χ2v) is 7.06. The largest absolute Gasteiger partial charge is 0.352 e. The number of halogens is 2. The molecular weight excluding hydrogens is 293 g/mol. The summed E-state index contributed by atoms with van der Waals surface area (Å²) in [6.07, 6.45) is 0.799. The molecule has 19 heavy (non-hydrogen) atoms. The second kappa shape index (κ2) is 6.34. The minimum absolute atomic E-state index is 0.0596. The molecule has 1 aromatic carbocycles. The van der Waals surface area contributed by atoms with Gasteiger partial charge in [-0.2, -0.15) is 0 Å². The van der Waals surface area contributed by atoms with E-state index < -0.39 is 25.7 Å². The highest BCUT2D eigenvalue weighted by Crippen LogP contribution is 2.20.